The third-order valence-electron chi connectivity index (χ3n) is 5.03. The van der Waals surface area contributed by atoms with E-state index in [-0.39, 0.29) is 5.91 Å². The van der Waals surface area contributed by atoms with Crippen LogP contribution in [0.4, 0.5) is 0 Å². The molecule has 0 saturated heterocycles. The van der Waals surface area contributed by atoms with Gasteiger partial charge >= 0.3 is 0 Å². The fraction of sp³-hybridized carbons (Fsp3) is 0.588. The summed E-state index contributed by atoms with van der Waals surface area (Å²) in [6.45, 7) is 6.26. The number of hydrogen-bond donors (Lipinski definition) is 0. The Morgan fingerprint density at radius 2 is 2.17 bits per heavy atom. The molecule has 4 rings (SSSR count). The van der Waals surface area contributed by atoms with E-state index < -0.39 is 0 Å². The Bertz CT molecular complexity index is 733. The van der Waals surface area contributed by atoms with Crippen molar-refractivity contribution in [3.63, 3.8) is 0 Å². The molecule has 1 fully saturated rings. The molecule has 0 bridgehead atoms. The molecule has 0 spiro atoms. The van der Waals surface area contributed by atoms with Gasteiger partial charge in [-0.15, -0.1) is 10.2 Å². The summed E-state index contributed by atoms with van der Waals surface area (Å²) in [6, 6.07) is 4.09. The lowest BCUT2D eigenvalue weighted by Gasteiger charge is -2.27. The highest BCUT2D eigenvalue weighted by Crippen LogP contribution is 2.47. The van der Waals surface area contributed by atoms with E-state index in [0.29, 0.717) is 25.3 Å². The highest BCUT2D eigenvalue weighted by molar-refractivity contribution is 5.76. The number of carbonyl (C=O) groups excluding carboxylic acids is 1. The van der Waals surface area contributed by atoms with E-state index in [0.717, 1.165) is 42.2 Å². The maximum absolute atomic E-state index is 12.4. The van der Waals surface area contributed by atoms with Crippen LogP contribution in [-0.2, 0) is 24.3 Å². The van der Waals surface area contributed by atoms with Gasteiger partial charge in [0.2, 0.25) is 5.91 Å². The second kappa shape index (κ2) is 5.51. The molecule has 3 heterocycles. The zero-order chi connectivity index (χ0) is 16.0. The summed E-state index contributed by atoms with van der Waals surface area (Å²) in [7, 11) is 0. The van der Waals surface area contributed by atoms with Crippen molar-refractivity contribution in [1.82, 2.24) is 19.7 Å². The second-order valence-corrected chi connectivity index (χ2v) is 6.75. The lowest BCUT2D eigenvalue weighted by Crippen LogP contribution is -2.38. The van der Waals surface area contributed by atoms with Gasteiger partial charge in [-0.25, -0.2) is 0 Å². The van der Waals surface area contributed by atoms with Crippen LogP contribution in [0.25, 0.3) is 0 Å². The molecule has 1 aliphatic carbocycles. The van der Waals surface area contributed by atoms with Crippen molar-refractivity contribution in [1.29, 1.82) is 0 Å². The monoisotopic (exact) mass is 314 g/mol. The van der Waals surface area contributed by atoms with E-state index in [1.807, 2.05) is 17.9 Å². The first-order valence-electron chi connectivity index (χ1n) is 8.37. The van der Waals surface area contributed by atoms with Crippen molar-refractivity contribution in [3.8, 4) is 0 Å². The first kappa shape index (κ1) is 14.5. The predicted molar refractivity (Wildman–Crippen MR) is 83.7 cm³/mol. The molecule has 2 aromatic heterocycles. The third kappa shape index (κ3) is 2.78. The maximum Gasteiger partial charge on any atom is 0.223 e. The molecule has 1 amide bonds. The van der Waals surface area contributed by atoms with Crippen molar-refractivity contribution >= 4 is 5.91 Å². The van der Waals surface area contributed by atoms with Crippen molar-refractivity contribution in [3.05, 3.63) is 35.3 Å². The van der Waals surface area contributed by atoms with Crippen LogP contribution in [0.5, 0.6) is 0 Å². The molecule has 2 unspecified atom stereocenters. The summed E-state index contributed by atoms with van der Waals surface area (Å²) in [5, 5.41) is 8.22. The Morgan fingerprint density at radius 1 is 1.35 bits per heavy atom. The zero-order valence-electron chi connectivity index (χ0n) is 13.7. The molecular formula is C17H22N4O2. The Hall–Kier alpha value is -2.11. The molecule has 0 N–H and O–H groups in total. The smallest absolute Gasteiger partial charge is 0.223 e. The van der Waals surface area contributed by atoms with Gasteiger partial charge in [0.25, 0.3) is 0 Å². The van der Waals surface area contributed by atoms with Gasteiger partial charge in [0, 0.05) is 31.8 Å². The van der Waals surface area contributed by atoms with Crippen molar-refractivity contribution in [2.45, 2.75) is 52.1 Å². The maximum atomic E-state index is 12.4. The molecule has 6 heteroatoms. The highest BCUT2D eigenvalue weighted by atomic mass is 16.3. The van der Waals surface area contributed by atoms with Crippen LogP contribution in [0.1, 0.15) is 48.9 Å². The van der Waals surface area contributed by atoms with Crippen LogP contribution in [-0.4, -0.2) is 32.1 Å². The molecule has 0 radical (unpaired) electrons. The molecule has 1 aliphatic heterocycles. The van der Waals surface area contributed by atoms with Gasteiger partial charge in [0.15, 0.2) is 5.82 Å². The number of hydrogen-bond acceptors (Lipinski definition) is 4. The zero-order valence-corrected chi connectivity index (χ0v) is 13.7. The van der Waals surface area contributed by atoms with Gasteiger partial charge in [0.1, 0.15) is 17.3 Å². The first-order chi connectivity index (χ1) is 11.1. The summed E-state index contributed by atoms with van der Waals surface area (Å²) in [4.78, 5) is 14.3. The Morgan fingerprint density at radius 3 is 2.96 bits per heavy atom. The van der Waals surface area contributed by atoms with Crippen molar-refractivity contribution in [2.24, 2.45) is 5.92 Å². The Balaban J connectivity index is 1.33. The molecule has 1 saturated carbocycles. The molecule has 2 aliphatic rings. The average Bonchev–Trinajstić information content (AvgIpc) is 2.97. The van der Waals surface area contributed by atoms with Gasteiger partial charge in [-0.1, -0.05) is 6.92 Å². The van der Waals surface area contributed by atoms with Gasteiger partial charge in [-0.3, -0.25) is 4.79 Å². The largest absolute Gasteiger partial charge is 0.466 e. The standard InChI is InChI=1S/C17H22N4O2/c1-11-9-14(11)15-5-3-13(23-15)4-6-17(22)20-7-8-21-12(2)18-19-16(21)10-20/h3,5,11,14H,4,6-10H2,1-2H3. The molecule has 122 valence electrons. The number of nitrogens with zero attached hydrogens (tertiary/aromatic N) is 4. The SMILES string of the molecule is Cc1nnc2n1CCN(C(=O)CCc1ccc(C3CC3C)o1)C2. The Labute approximate surface area is 135 Å². The summed E-state index contributed by atoms with van der Waals surface area (Å²) in [5.41, 5.74) is 0. The van der Waals surface area contributed by atoms with E-state index >= 15 is 0 Å². The number of amides is 1. The minimum atomic E-state index is 0.162. The number of furan rings is 1. The van der Waals surface area contributed by atoms with Gasteiger partial charge in [-0.05, 0) is 31.4 Å². The van der Waals surface area contributed by atoms with Gasteiger partial charge < -0.3 is 13.9 Å². The highest BCUT2D eigenvalue weighted by Gasteiger charge is 2.36. The number of aromatic nitrogens is 3. The molecule has 2 aromatic rings. The number of rotatable bonds is 4. The number of fused-ring (bicyclic) bond motifs is 1. The van der Waals surface area contributed by atoms with Crippen LogP contribution in [0, 0.1) is 12.8 Å². The summed E-state index contributed by atoms with van der Waals surface area (Å²) < 4.78 is 7.96. The van der Waals surface area contributed by atoms with Crippen LogP contribution >= 0.6 is 0 Å². The number of aryl methyl sites for hydroxylation is 2. The third-order valence-corrected chi connectivity index (χ3v) is 5.03. The van der Waals surface area contributed by atoms with E-state index in [2.05, 4.69) is 27.8 Å². The van der Waals surface area contributed by atoms with Crippen LogP contribution in [0.3, 0.4) is 0 Å². The minimum absolute atomic E-state index is 0.162. The topological polar surface area (TPSA) is 64.2 Å². The van der Waals surface area contributed by atoms with Crippen molar-refractivity contribution < 1.29 is 9.21 Å². The minimum Gasteiger partial charge on any atom is -0.466 e. The quantitative estimate of drug-likeness (QED) is 0.868. The number of carbonyl (C=O) groups is 1. The van der Waals surface area contributed by atoms with E-state index in [9.17, 15) is 4.79 Å². The summed E-state index contributed by atoms with van der Waals surface area (Å²) in [5.74, 6) is 5.30. The van der Waals surface area contributed by atoms with Crippen LogP contribution < -0.4 is 0 Å². The van der Waals surface area contributed by atoms with Gasteiger partial charge in [0.05, 0.1) is 6.54 Å². The average molecular weight is 314 g/mol. The van der Waals surface area contributed by atoms with Crippen LogP contribution in [0.2, 0.25) is 0 Å². The molecule has 23 heavy (non-hydrogen) atoms. The molecule has 0 aromatic carbocycles. The molecule has 2 atom stereocenters. The normalized spacial score (nSPS) is 23.0. The fourth-order valence-electron chi connectivity index (χ4n) is 3.35. The van der Waals surface area contributed by atoms with Gasteiger partial charge in [-0.2, -0.15) is 0 Å². The lowest BCUT2D eigenvalue weighted by atomic mass is 10.2. The summed E-state index contributed by atoms with van der Waals surface area (Å²) in [6.07, 6.45) is 2.38. The molecule has 6 nitrogen and oxygen atoms in total. The van der Waals surface area contributed by atoms with Crippen molar-refractivity contribution in [2.75, 3.05) is 6.54 Å². The fourth-order valence-corrected chi connectivity index (χ4v) is 3.35. The van der Waals surface area contributed by atoms with E-state index in [4.69, 9.17) is 4.42 Å². The summed E-state index contributed by atoms with van der Waals surface area (Å²) >= 11 is 0. The Kier molecular flexibility index (Phi) is 3.47. The van der Waals surface area contributed by atoms with Crippen LogP contribution in [0.15, 0.2) is 16.5 Å². The van der Waals surface area contributed by atoms with E-state index in [1.54, 1.807) is 0 Å². The predicted octanol–water partition coefficient (Wildman–Crippen LogP) is 2.28. The lowest BCUT2D eigenvalue weighted by molar-refractivity contribution is -0.132. The van der Waals surface area contributed by atoms with E-state index in [1.165, 1.54) is 6.42 Å². The second-order valence-electron chi connectivity index (χ2n) is 6.75. The first-order valence-corrected chi connectivity index (χ1v) is 8.37. The molecular weight excluding hydrogens is 292 g/mol.